The lowest BCUT2D eigenvalue weighted by molar-refractivity contribution is 0.0950. The molecule has 0 atom stereocenters. The van der Waals surface area contributed by atoms with Gasteiger partial charge in [0.15, 0.2) is 5.82 Å². The maximum absolute atomic E-state index is 12.0. The molecule has 4 N–H and O–H groups in total. The normalized spacial score (nSPS) is 10.2. The Morgan fingerprint density at radius 1 is 1.35 bits per heavy atom. The molecule has 0 saturated carbocycles. The van der Waals surface area contributed by atoms with E-state index in [1.807, 2.05) is 31.2 Å². The highest BCUT2D eigenvalue weighted by molar-refractivity contribution is 6.33. The average molecular weight is 291 g/mol. The third-order valence-corrected chi connectivity index (χ3v) is 3.10. The van der Waals surface area contributed by atoms with E-state index < -0.39 is 0 Å². The fraction of sp³-hybridized carbons (Fsp3) is 0.143. The highest BCUT2D eigenvalue weighted by Gasteiger charge is 2.09. The largest absolute Gasteiger partial charge is 0.348 e. The van der Waals surface area contributed by atoms with Crippen molar-refractivity contribution in [3.8, 4) is 0 Å². The van der Waals surface area contributed by atoms with E-state index in [4.69, 9.17) is 17.4 Å². The number of rotatable bonds is 4. The standard InChI is InChI=1S/C14H15ClN4O/c1-9-2-4-10(5-3-9)7-18-14(20)11-6-12(15)13(19-16)17-8-11/h2-6,8H,7,16H2,1H3,(H,17,19)(H,18,20). The number of nitrogens with one attached hydrogen (secondary N) is 2. The third-order valence-electron chi connectivity index (χ3n) is 2.81. The molecular formula is C14H15ClN4O. The van der Waals surface area contributed by atoms with E-state index in [1.165, 1.54) is 17.8 Å². The molecule has 0 aliphatic heterocycles. The van der Waals surface area contributed by atoms with Crippen LogP contribution in [0.5, 0.6) is 0 Å². The van der Waals surface area contributed by atoms with Gasteiger partial charge in [0.2, 0.25) is 0 Å². The second-order valence-electron chi connectivity index (χ2n) is 4.37. The highest BCUT2D eigenvalue weighted by atomic mass is 35.5. The number of nitrogens with two attached hydrogens (primary N) is 1. The predicted molar refractivity (Wildman–Crippen MR) is 79.4 cm³/mol. The molecule has 2 aromatic rings. The van der Waals surface area contributed by atoms with E-state index in [0.29, 0.717) is 22.9 Å². The van der Waals surface area contributed by atoms with Gasteiger partial charge in [0, 0.05) is 12.7 Å². The monoisotopic (exact) mass is 290 g/mol. The predicted octanol–water partition coefficient (Wildman–Crippen LogP) is 2.26. The average Bonchev–Trinajstić information content (AvgIpc) is 2.46. The van der Waals surface area contributed by atoms with Gasteiger partial charge >= 0.3 is 0 Å². The maximum atomic E-state index is 12.0. The van der Waals surface area contributed by atoms with Crippen LogP contribution in [-0.2, 0) is 6.54 Å². The van der Waals surface area contributed by atoms with Gasteiger partial charge in [0.05, 0.1) is 10.6 Å². The molecule has 104 valence electrons. The molecule has 0 bridgehead atoms. The third kappa shape index (κ3) is 3.46. The van der Waals surface area contributed by atoms with Crippen molar-refractivity contribution in [2.24, 2.45) is 5.84 Å². The van der Waals surface area contributed by atoms with Crippen molar-refractivity contribution in [1.82, 2.24) is 10.3 Å². The molecule has 2 rings (SSSR count). The number of hydrogen-bond donors (Lipinski definition) is 3. The second kappa shape index (κ2) is 6.36. The van der Waals surface area contributed by atoms with Crippen molar-refractivity contribution >= 4 is 23.3 Å². The van der Waals surface area contributed by atoms with Crippen LogP contribution in [0, 0.1) is 6.92 Å². The highest BCUT2D eigenvalue weighted by Crippen LogP contribution is 2.18. The van der Waals surface area contributed by atoms with Crippen LogP contribution < -0.4 is 16.6 Å². The zero-order valence-corrected chi connectivity index (χ0v) is 11.7. The first kappa shape index (κ1) is 14.3. The number of pyridine rings is 1. The number of aromatic nitrogens is 1. The van der Waals surface area contributed by atoms with E-state index in [0.717, 1.165) is 5.56 Å². The van der Waals surface area contributed by atoms with Gasteiger partial charge in [0.1, 0.15) is 0 Å². The van der Waals surface area contributed by atoms with Gasteiger partial charge in [-0.25, -0.2) is 10.8 Å². The molecule has 1 aromatic carbocycles. The summed E-state index contributed by atoms with van der Waals surface area (Å²) in [6.07, 6.45) is 1.42. The first-order chi connectivity index (χ1) is 9.60. The number of hydrogen-bond acceptors (Lipinski definition) is 4. The molecule has 0 unspecified atom stereocenters. The van der Waals surface area contributed by atoms with Crippen LogP contribution in [0.2, 0.25) is 5.02 Å². The Morgan fingerprint density at radius 3 is 2.65 bits per heavy atom. The molecule has 6 heteroatoms. The molecule has 0 fully saturated rings. The Bertz CT molecular complexity index is 613. The number of anilines is 1. The minimum atomic E-state index is -0.233. The molecule has 1 amide bonds. The zero-order valence-electron chi connectivity index (χ0n) is 11.0. The first-order valence-electron chi connectivity index (χ1n) is 6.06. The van der Waals surface area contributed by atoms with Crippen LogP contribution in [0.1, 0.15) is 21.5 Å². The number of benzene rings is 1. The first-order valence-corrected chi connectivity index (χ1v) is 6.44. The number of aryl methyl sites for hydroxylation is 1. The summed E-state index contributed by atoms with van der Waals surface area (Å²) in [6, 6.07) is 9.47. The number of halogens is 1. The fourth-order valence-corrected chi connectivity index (χ4v) is 1.88. The number of amides is 1. The molecule has 0 aliphatic rings. The minimum absolute atomic E-state index is 0.233. The zero-order chi connectivity index (χ0) is 14.5. The summed E-state index contributed by atoms with van der Waals surface area (Å²) in [7, 11) is 0. The van der Waals surface area contributed by atoms with E-state index in [-0.39, 0.29) is 5.91 Å². The van der Waals surface area contributed by atoms with Crippen molar-refractivity contribution in [1.29, 1.82) is 0 Å². The molecule has 5 nitrogen and oxygen atoms in total. The molecule has 0 saturated heterocycles. The number of hydrazine groups is 1. The van der Waals surface area contributed by atoms with Crippen LogP contribution in [0.3, 0.4) is 0 Å². The molecule has 0 aliphatic carbocycles. The van der Waals surface area contributed by atoms with E-state index in [1.54, 1.807) is 0 Å². The van der Waals surface area contributed by atoms with Gasteiger partial charge in [-0.2, -0.15) is 0 Å². The van der Waals surface area contributed by atoms with Gasteiger partial charge in [-0.05, 0) is 18.6 Å². The van der Waals surface area contributed by atoms with Gasteiger partial charge in [-0.3, -0.25) is 4.79 Å². The molecular weight excluding hydrogens is 276 g/mol. The SMILES string of the molecule is Cc1ccc(CNC(=O)c2cnc(NN)c(Cl)c2)cc1. The summed E-state index contributed by atoms with van der Waals surface area (Å²) in [5, 5.41) is 3.11. The summed E-state index contributed by atoms with van der Waals surface area (Å²) in [6.45, 7) is 2.47. The van der Waals surface area contributed by atoms with Crippen LogP contribution in [-0.4, -0.2) is 10.9 Å². The van der Waals surface area contributed by atoms with Gasteiger partial charge in [0.25, 0.3) is 5.91 Å². The van der Waals surface area contributed by atoms with E-state index >= 15 is 0 Å². The van der Waals surface area contributed by atoms with Crippen molar-refractivity contribution in [2.45, 2.75) is 13.5 Å². The molecule has 0 spiro atoms. The Balaban J connectivity index is 2.01. The molecule has 0 radical (unpaired) electrons. The summed E-state index contributed by atoms with van der Waals surface area (Å²) in [4.78, 5) is 15.9. The minimum Gasteiger partial charge on any atom is -0.348 e. The quantitative estimate of drug-likeness (QED) is 0.596. The lowest BCUT2D eigenvalue weighted by Crippen LogP contribution is -2.23. The Morgan fingerprint density at radius 2 is 2.05 bits per heavy atom. The summed E-state index contributed by atoms with van der Waals surface area (Å²) >= 11 is 5.92. The van der Waals surface area contributed by atoms with Gasteiger partial charge in [-0.15, -0.1) is 0 Å². The fourth-order valence-electron chi connectivity index (χ4n) is 1.66. The maximum Gasteiger partial charge on any atom is 0.253 e. The van der Waals surface area contributed by atoms with Crippen molar-refractivity contribution in [2.75, 3.05) is 5.43 Å². The Labute approximate surface area is 122 Å². The van der Waals surface area contributed by atoms with Gasteiger partial charge in [-0.1, -0.05) is 41.4 Å². The second-order valence-corrected chi connectivity index (χ2v) is 4.77. The van der Waals surface area contributed by atoms with Crippen LogP contribution in [0.4, 0.5) is 5.82 Å². The Hall–Kier alpha value is -2.11. The molecule has 20 heavy (non-hydrogen) atoms. The summed E-state index contributed by atoms with van der Waals surface area (Å²) in [5.74, 6) is 5.33. The van der Waals surface area contributed by atoms with Gasteiger partial charge < -0.3 is 10.7 Å². The van der Waals surface area contributed by atoms with Crippen molar-refractivity contribution in [3.05, 3.63) is 58.2 Å². The summed E-state index contributed by atoms with van der Waals surface area (Å²) in [5.41, 5.74) is 4.95. The van der Waals surface area contributed by atoms with E-state index in [9.17, 15) is 4.79 Å². The molecule has 1 heterocycles. The van der Waals surface area contributed by atoms with E-state index in [2.05, 4.69) is 15.7 Å². The van der Waals surface area contributed by atoms with Crippen LogP contribution in [0.15, 0.2) is 36.5 Å². The van der Waals surface area contributed by atoms with Crippen molar-refractivity contribution in [3.63, 3.8) is 0 Å². The number of carbonyl (C=O) groups is 1. The number of nitrogen functional groups attached to an aromatic ring is 1. The number of carbonyl (C=O) groups excluding carboxylic acids is 1. The van der Waals surface area contributed by atoms with Crippen molar-refractivity contribution < 1.29 is 4.79 Å². The lowest BCUT2D eigenvalue weighted by Gasteiger charge is -2.07. The lowest BCUT2D eigenvalue weighted by atomic mass is 10.1. The van der Waals surface area contributed by atoms with Crippen LogP contribution in [0.25, 0.3) is 0 Å². The topological polar surface area (TPSA) is 80.0 Å². The summed E-state index contributed by atoms with van der Waals surface area (Å²) < 4.78 is 0. The smallest absolute Gasteiger partial charge is 0.253 e. The van der Waals surface area contributed by atoms with Crippen LogP contribution >= 0.6 is 11.6 Å². The molecule has 1 aromatic heterocycles. The Kier molecular flexibility index (Phi) is 4.55. The number of nitrogens with zero attached hydrogens (tertiary/aromatic N) is 1.